The van der Waals surface area contributed by atoms with E-state index < -0.39 is 5.97 Å². The molecule has 1 amide bonds. The Hall–Kier alpha value is -1.98. The first-order valence-electron chi connectivity index (χ1n) is 7.38. The van der Waals surface area contributed by atoms with Gasteiger partial charge in [0.25, 0.3) is 5.91 Å². The van der Waals surface area contributed by atoms with Gasteiger partial charge in [-0.25, -0.2) is 0 Å². The molecule has 1 aromatic rings. The van der Waals surface area contributed by atoms with Gasteiger partial charge in [-0.05, 0) is 38.7 Å². The van der Waals surface area contributed by atoms with Gasteiger partial charge in [0.05, 0.1) is 22.9 Å². The highest BCUT2D eigenvalue weighted by atomic mass is 16.4. The molecule has 2 N–H and O–H groups in total. The van der Waals surface area contributed by atoms with Crippen LogP contribution >= 0.6 is 0 Å². The second kappa shape index (κ2) is 6.65. The molecule has 1 aliphatic rings. The van der Waals surface area contributed by atoms with Crippen LogP contribution in [-0.4, -0.2) is 33.2 Å². The average Bonchev–Trinajstić information content (AvgIpc) is 2.47. The number of nitrogens with one attached hydrogen (secondary N) is 1. The van der Waals surface area contributed by atoms with Gasteiger partial charge < -0.3 is 10.4 Å². The SMILES string of the molecule is CCc1nnc(C)cc1C(=O)NC1CCCC(C(=O)O)C1. The fourth-order valence-corrected chi connectivity index (χ4v) is 2.78. The lowest BCUT2D eigenvalue weighted by molar-refractivity contribution is -0.143. The van der Waals surface area contributed by atoms with E-state index in [4.69, 9.17) is 5.11 Å². The zero-order valence-electron chi connectivity index (χ0n) is 12.4. The van der Waals surface area contributed by atoms with Crippen molar-refractivity contribution in [3.8, 4) is 0 Å². The summed E-state index contributed by atoms with van der Waals surface area (Å²) < 4.78 is 0. The molecule has 0 saturated heterocycles. The third kappa shape index (κ3) is 3.77. The van der Waals surface area contributed by atoms with Crippen molar-refractivity contribution >= 4 is 11.9 Å². The van der Waals surface area contributed by atoms with Gasteiger partial charge >= 0.3 is 5.97 Å². The summed E-state index contributed by atoms with van der Waals surface area (Å²) in [5.74, 6) is -1.31. The molecule has 2 rings (SSSR count). The Kier molecular flexibility index (Phi) is 4.88. The van der Waals surface area contributed by atoms with Crippen molar-refractivity contribution in [2.75, 3.05) is 0 Å². The number of hydrogen-bond donors (Lipinski definition) is 2. The van der Waals surface area contributed by atoms with Crippen LogP contribution in [0.1, 0.15) is 54.4 Å². The highest BCUT2D eigenvalue weighted by molar-refractivity contribution is 5.95. The normalized spacial score (nSPS) is 21.8. The van der Waals surface area contributed by atoms with E-state index in [1.165, 1.54) is 0 Å². The van der Waals surface area contributed by atoms with Crippen LogP contribution in [-0.2, 0) is 11.2 Å². The summed E-state index contributed by atoms with van der Waals surface area (Å²) in [6.07, 6.45) is 3.49. The zero-order valence-corrected chi connectivity index (χ0v) is 12.4. The molecule has 1 saturated carbocycles. The van der Waals surface area contributed by atoms with Crippen molar-refractivity contribution in [1.29, 1.82) is 0 Å². The van der Waals surface area contributed by atoms with Crippen LogP contribution < -0.4 is 5.32 Å². The lowest BCUT2D eigenvalue weighted by atomic mass is 9.85. The third-order valence-electron chi connectivity index (χ3n) is 3.93. The van der Waals surface area contributed by atoms with Crippen LogP contribution in [0.3, 0.4) is 0 Å². The Labute approximate surface area is 124 Å². The second-order valence-corrected chi connectivity index (χ2v) is 5.57. The van der Waals surface area contributed by atoms with Crippen molar-refractivity contribution in [1.82, 2.24) is 15.5 Å². The standard InChI is InChI=1S/C15H21N3O3/c1-3-13-12(7-9(2)17-18-13)14(19)16-11-6-4-5-10(8-11)15(20)21/h7,10-11H,3-6,8H2,1-2H3,(H,16,19)(H,20,21). The van der Waals surface area contributed by atoms with Crippen LogP contribution in [0.5, 0.6) is 0 Å². The molecule has 1 aromatic heterocycles. The predicted molar refractivity (Wildman–Crippen MR) is 77.0 cm³/mol. The van der Waals surface area contributed by atoms with Gasteiger partial charge in [-0.1, -0.05) is 13.3 Å². The zero-order chi connectivity index (χ0) is 15.4. The summed E-state index contributed by atoms with van der Waals surface area (Å²) in [7, 11) is 0. The molecule has 1 fully saturated rings. The van der Waals surface area contributed by atoms with Gasteiger partial charge in [0.2, 0.25) is 0 Å². The highest BCUT2D eigenvalue weighted by Crippen LogP contribution is 2.24. The Morgan fingerprint density at radius 1 is 1.38 bits per heavy atom. The van der Waals surface area contributed by atoms with Crippen LogP contribution in [0, 0.1) is 12.8 Å². The molecule has 0 radical (unpaired) electrons. The Morgan fingerprint density at radius 2 is 2.14 bits per heavy atom. The first kappa shape index (κ1) is 15.4. The number of rotatable bonds is 4. The van der Waals surface area contributed by atoms with Crippen LogP contribution in [0.25, 0.3) is 0 Å². The van der Waals surface area contributed by atoms with Crippen LogP contribution in [0.15, 0.2) is 6.07 Å². The number of carbonyl (C=O) groups excluding carboxylic acids is 1. The highest BCUT2D eigenvalue weighted by Gasteiger charge is 2.28. The van der Waals surface area contributed by atoms with E-state index >= 15 is 0 Å². The fourth-order valence-electron chi connectivity index (χ4n) is 2.78. The van der Waals surface area contributed by atoms with E-state index in [1.807, 2.05) is 6.92 Å². The molecule has 0 spiro atoms. The first-order chi connectivity index (χ1) is 10.0. The fraction of sp³-hybridized carbons (Fsp3) is 0.600. The number of nitrogens with zero attached hydrogens (tertiary/aromatic N) is 2. The topological polar surface area (TPSA) is 92.2 Å². The first-order valence-corrected chi connectivity index (χ1v) is 7.38. The van der Waals surface area contributed by atoms with Gasteiger partial charge in [0, 0.05) is 6.04 Å². The molecule has 6 heteroatoms. The number of carboxylic acids is 1. The van der Waals surface area contributed by atoms with Crippen molar-refractivity contribution in [2.24, 2.45) is 5.92 Å². The molecule has 2 unspecified atom stereocenters. The number of hydrogen-bond acceptors (Lipinski definition) is 4. The number of carboxylic acid groups (broad SMARTS) is 1. The quantitative estimate of drug-likeness (QED) is 0.881. The molecule has 1 aliphatic carbocycles. The predicted octanol–water partition coefficient (Wildman–Crippen LogP) is 1.72. The number of aromatic nitrogens is 2. The van der Waals surface area contributed by atoms with E-state index in [9.17, 15) is 9.59 Å². The molecule has 21 heavy (non-hydrogen) atoms. The summed E-state index contributed by atoms with van der Waals surface area (Å²) in [5, 5.41) is 20.1. The Bertz CT molecular complexity index is 545. The lowest BCUT2D eigenvalue weighted by Gasteiger charge is -2.27. The molecule has 0 aromatic carbocycles. The molecule has 114 valence electrons. The molecular weight excluding hydrogens is 270 g/mol. The molecule has 0 bridgehead atoms. The number of amides is 1. The Morgan fingerprint density at radius 3 is 2.81 bits per heavy atom. The molecular formula is C15H21N3O3. The molecule has 1 heterocycles. The van der Waals surface area contributed by atoms with Gasteiger partial charge in [0.1, 0.15) is 0 Å². The summed E-state index contributed by atoms with van der Waals surface area (Å²) in [5.41, 5.74) is 1.91. The number of carbonyl (C=O) groups is 2. The maximum atomic E-state index is 12.4. The van der Waals surface area contributed by atoms with E-state index in [-0.39, 0.29) is 17.9 Å². The summed E-state index contributed by atoms with van der Waals surface area (Å²) >= 11 is 0. The van der Waals surface area contributed by atoms with E-state index in [1.54, 1.807) is 13.0 Å². The maximum absolute atomic E-state index is 12.4. The lowest BCUT2D eigenvalue weighted by Crippen LogP contribution is -2.40. The van der Waals surface area contributed by atoms with Gasteiger partial charge in [-0.2, -0.15) is 10.2 Å². The van der Waals surface area contributed by atoms with Crippen LogP contribution in [0.2, 0.25) is 0 Å². The summed E-state index contributed by atoms with van der Waals surface area (Å²) in [4.78, 5) is 23.5. The van der Waals surface area contributed by atoms with E-state index in [2.05, 4.69) is 15.5 Å². The van der Waals surface area contributed by atoms with Crippen LogP contribution in [0.4, 0.5) is 0 Å². The monoisotopic (exact) mass is 291 g/mol. The average molecular weight is 291 g/mol. The molecule has 0 aliphatic heterocycles. The minimum Gasteiger partial charge on any atom is -0.481 e. The van der Waals surface area contributed by atoms with Gasteiger partial charge in [-0.15, -0.1) is 0 Å². The number of aliphatic carboxylic acids is 1. The largest absolute Gasteiger partial charge is 0.481 e. The minimum atomic E-state index is -0.774. The Balaban J connectivity index is 2.07. The molecule has 6 nitrogen and oxygen atoms in total. The van der Waals surface area contributed by atoms with Crippen molar-refractivity contribution in [2.45, 2.75) is 52.0 Å². The maximum Gasteiger partial charge on any atom is 0.306 e. The minimum absolute atomic E-state index is 0.0782. The van der Waals surface area contributed by atoms with Crippen molar-refractivity contribution < 1.29 is 14.7 Å². The van der Waals surface area contributed by atoms with Crippen molar-refractivity contribution in [3.05, 3.63) is 23.0 Å². The van der Waals surface area contributed by atoms with E-state index in [0.29, 0.717) is 36.2 Å². The smallest absolute Gasteiger partial charge is 0.306 e. The molecule has 2 atom stereocenters. The van der Waals surface area contributed by atoms with Crippen molar-refractivity contribution in [3.63, 3.8) is 0 Å². The van der Waals surface area contributed by atoms with E-state index in [0.717, 1.165) is 12.8 Å². The summed E-state index contributed by atoms with van der Waals surface area (Å²) in [6.45, 7) is 3.72. The number of aryl methyl sites for hydroxylation is 2. The summed E-state index contributed by atoms with van der Waals surface area (Å²) in [6, 6.07) is 1.66. The van der Waals surface area contributed by atoms with Gasteiger partial charge in [0.15, 0.2) is 0 Å². The third-order valence-corrected chi connectivity index (χ3v) is 3.93. The second-order valence-electron chi connectivity index (χ2n) is 5.57. The van der Waals surface area contributed by atoms with Gasteiger partial charge in [-0.3, -0.25) is 9.59 Å².